The van der Waals surface area contributed by atoms with Gasteiger partial charge in [0.2, 0.25) is 5.91 Å². The molecular formula is C18H26N4O3. The second kappa shape index (κ2) is 8.00. The van der Waals surface area contributed by atoms with Crippen LogP contribution in [-0.2, 0) is 4.79 Å². The van der Waals surface area contributed by atoms with Crippen molar-refractivity contribution >= 4 is 23.5 Å². The number of nitrogens with zero attached hydrogens (tertiary/aromatic N) is 2. The first-order valence-corrected chi connectivity index (χ1v) is 8.44. The van der Waals surface area contributed by atoms with Crippen LogP contribution in [0.25, 0.3) is 0 Å². The van der Waals surface area contributed by atoms with Gasteiger partial charge in [0.05, 0.1) is 0 Å². The van der Waals surface area contributed by atoms with Crippen LogP contribution in [0.5, 0.6) is 0 Å². The largest absolute Gasteiger partial charge is 0.355 e. The lowest BCUT2D eigenvalue weighted by Gasteiger charge is -2.33. The summed E-state index contributed by atoms with van der Waals surface area (Å²) in [7, 11) is 5.03. The molecular weight excluding hydrogens is 320 g/mol. The third kappa shape index (κ3) is 4.29. The fourth-order valence-electron chi connectivity index (χ4n) is 3.00. The lowest BCUT2D eigenvalue weighted by atomic mass is 9.95. The first-order chi connectivity index (χ1) is 11.8. The lowest BCUT2D eigenvalue weighted by molar-refractivity contribution is -0.121. The lowest BCUT2D eigenvalue weighted by Crippen LogP contribution is -2.45. The summed E-state index contributed by atoms with van der Waals surface area (Å²) in [6.07, 6.45) is 1.28. The van der Waals surface area contributed by atoms with Crippen molar-refractivity contribution in [2.24, 2.45) is 5.92 Å². The smallest absolute Gasteiger partial charge is 0.319 e. The summed E-state index contributed by atoms with van der Waals surface area (Å²) in [4.78, 5) is 39.7. The van der Waals surface area contributed by atoms with Gasteiger partial charge in [-0.3, -0.25) is 9.59 Å². The predicted octanol–water partition coefficient (Wildman–Crippen LogP) is 1.69. The van der Waals surface area contributed by atoms with Crippen molar-refractivity contribution in [3.8, 4) is 0 Å². The maximum Gasteiger partial charge on any atom is 0.319 e. The molecule has 0 spiro atoms. The van der Waals surface area contributed by atoms with E-state index in [1.54, 1.807) is 49.1 Å². The minimum atomic E-state index is -0.177. The summed E-state index contributed by atoms with van der Waals surface area (Å²) in [5.74, 6) is -0.368. The fraction of sp³-hybridized carbons (Fsp3) is 0.500. The first-order valence-electron chi connectivity index (χ1n) is 8.44. The van der Waals surface area contributed by atoms with E-state index in [9.17, 15) is 14.4 Å². The maximum atomic E-state index is 12.6. The molecule has 1 aliphatic rings. The monoisotopic (exact) mass is 346 g/mol. The van der Waals surface area contributed by atoms with Gasteiger partial charge in [-0.25, -0.2) is 4.79 Å². The molecule has 4 amide bonds. The highest BCUT2D eigenvalue weighted by molar-refractivity contribution is 5.99. The summed E-state index contributed by atoms with van der Waals surface area (Å²) in [5, 5.41) is 5.53. The third-order valence-electron chi connectivity index (χ3n) is 4.58. The second-order valence-corrected chi connectivity index (χ2v) is 6.48. The summed E-state index contributed by atoms with van der Waals surface area (Å²) in [6.45, 7) is 2.97. The number of likely N-dealkylation sites (tertiary alicyclic amines) is 1. The Morgan fingerprint density at radius 3 is 2.36 bits per heavy atom. The molecule has 0 bridgehead atoms. The van der Waals surface area contributed by atoms with Gasteiger partial charge in [-0.05, 0) is 37.5 Å². The van der Waals surface area contributed by atoms with Crippen LogP contribution in [0.4, 0.5) is 10.5 Å². The van der Waals surface area contributed by atoms with E-state index in [1.807, 2.05) is 6.92 Å². The molecule has 1 saturated heterocycles. The number of nitrogens with one attached hydrogen (secondary N) is 2. The van der Waals surface area contributed by atoms with Gasteiger partial charge in [-0.2, -0.15) is 0 Å². The van der Waals surface area contributed by atoms with E-state index in [0.29, 0.717) is 37.2 Å². The average Bonchev–Trinajstić information content (AvgIpc) is 2.62. The van der Waals surface area contributed by atoms with Gasteiger partial charge < -0.3 is 20.4 Å². The van der Waals surface area contributed by atoms with Gasteiger partial charge in [0.15, 0.2) is 0 Å². The Balaban J connectivity index is 2.00. The summed E-state index contributed by atoms with van der Waals surface area (Å²) < 4.78 is 0. The van der Waals surface area contributed by atoms with Crippen LogP contribution >= 0.6 is 0 Å². The molecule has 7 nitrogen and oxygen atoms in total. The van der Waals surface area contributed by atoms with Crippen molar-refractivity contribution < 1.29 is 14.4 Å². The molecule has 0 radical (unpaired) electrons. The van der Waals surface area contributed by atoms with E-state index in [4.69, 9.17) is 0 Å². The van der Waals surface area contributed by atoms with Crippen LogP contribution in [-0.4, -0.2) is 61.9 Å². The quantitative estimate of drug-likeness (QED) is 0.874. The molecule has 1 fully saturated rings. The number of hydrogen-bond acceptors (Lipinski definition) is 3. The zero-order chi connectivity index (χ0) is 18.6. The van der Waals surface area contributed by atoms with Crippen LogP contribution in [0.15, 0.2) is 18.2 Å². The Morgan fingerprint density at radius 2 is 1.80 bits per heavy atom. The molecule has 0 aliphatic carbocycles. The molecule has 25 heavy (non-hydrogen) atoms. The van der Waals surface area contributed by atoms with Gasteiger partial charge in [0.1, 0.15) is 0 Å². The summed E-state index contributed by atoms with van der Waals surface area (Å²) in [5.41, 5.74) is 1.94. The Bertz CT molecular complexity index is 664. The maximum absolute atomic E-state index is 12.6. The van der Waals surface area contributed by atoms with Crippen molar-refractivity contribution in [1.82, 2.24) is 15.1 Å². The van der Waals surface area contributed by atoms with Crippen LogP contribution in [0.2, 0.25) is 0 Å². The van der Waals surface area contributed by atoms with Crippen LogP contribution in [0.3, 0.4) is 0 Å². The second-order valence-electron chi connectivity index (χ2n) is 6.48. The van der Waals surface area contributed by atoms with Gasteiger partial charge in [0.25, 0.3) is 5.91 Å². The minimum absolute atomic E-state index is 0.0204. The SMILES string of the molecule is CNC(=O)c1cccc(NC(=O)C2CCN(C(=O)N(C)C)CC2)c1C. The third-order valence-corrected chi connectivity index (χ3v) is 4.58. The standard InChI is InChI=1S/C18H26N4O3/c1-12-14(17(24)19-2)6-5-7-15(12)20-16(23)13-8-10-22(11-9-13)18(25)21(3)4/h5-7,13H,8-11H2,1-4H3,(H,19,24)(H,20,23). The van der Waals surface area contributed by atoms with Gasteiger partial charge in [-0.1, -0.05) is 6.07 Å². The van der Waals surface area contributed by atoms with E-state index in [1.165, 1.54) is 0 Å². The molecule has 136 valence electrons. The number of urea groups is 1. The van der Waals surface area contributed by atoms with E-state index >= 15 is 0 Å². The fourth-order valence-corrected chi connectivity index (χ4v) is 3.00. The normalized spacial score (nSPS) is 14.8. The van der Waals surface area contributed by atoms with Crippen LogP contribution in [0, 0.1) is 12.8 Å². The summed E-state index contributed by atoms with van der Waals surface area (Å²) >= 11 is 0. The van der Waals surface area contributed by atoms with Crippen molar-refractivity contribution in [3.63, 3.8) is 0 Å². The number of piperidine rings is 1. The number of amides is 4. The molecule has 1 aliphatic heterocycles. The van der Waals surface area contributed by atoms with E-state index in [0.717, 1.165) is 5.56 Å². The topological polar surface area (TPSA) is 81.8 Å². The number of rotatable bonds is 3. The Labute approximate surface area is 148 Å². The number of benzene rings is 1. The molecule has 1 aromatic rings. The number of carbonyl (C=O) groups excluding carboxylic acids is 3. The Morgan fingerprint density at radius 1 is 1.16 bits per heavy atom. The highest BCUT2D eigenvalue weighted by atomic mass is 16.2. The highest BCUT2D eigenvalue weighted by Gasteiger charge is 2.28. The minimum Gasteiger partial charge on any atom is -0.355 e. The van der Waals surface area contributed by atoms with Crippen molar-refractivity contribution in [3.05, 3.63) is 29.3 Å². The Hall–Kier alpha value is -2.57. The van der Waals surface area contributed by atoms with E-state index in [-0.39, 0.29) is 23.8 Å². The summed E-state index contributed by atoms with van der Waals surface area (Å²) in [6, 6.07) is 5.26. The molecule has 2 rings (SSSR count). The predicted molar refractivity (Wildman–Crippen MR) is 96.6 cm³/mol. The first kappa shape index (κ1) is 18.8. The molecule has 7 heteroatoms. The van der Waals surface area contributed by atoms with Gasteiger partial charge >= 0.3 is 6.03 Å². The average molecular weight is 346 g/mol. The van der Waals surface area contributed by atoms with E-state index < -0.39 is 0 Å². The molecule has 1 aromatic carbocycles. The zero-order valence-electron chi connectivity index (χ0n) is 15.3. The van der Waals surface area contributed by atoms with Crippen molar-refractivity contribution in [1.29, 1.82) is 0 Å². The van der Waals surface area contributed by atoms with E-state index in [2.05, 4.69) is 10.6 Å². The van der Waals surface area contributed by atoms with Crippen molar-refractivity contribution in [2.45, 2.75) is 19.8 Å². The number of anilines is 1. The number of carbonyl (C=O) groups is 3. The van der Waals surface area contributed by atoms with Crippen molar-refractivity contribution in [2.75, 3.05) is 39.5 Å². The van der Waals surface area contributed by atoms with Crippen LogP contribution < -0.4 is 10.6 Å². The molecule has 0 atom stereocenters. The molecule has 0 saturated carbocycles. The molecule has 0 aromatic heterocycles. The molecule has 1 heterocycles. The molecule has 2 N–H and O–H groups in total. The van der Waals surface area contributed by atoms with Gasteiger partial charge in [0, 0.05) is 51.4 Å². The highest BCUT2D eigenvalue weighted by Crippen LogP contribution is 2.23. The molecule has 0 unspecified atom stereocenters. The zero-order valence-corrected chi connectivity index (χ0v) is 15.3. The van der Waals surface area contributed by atoms with Gasteiger partial charge in [-0.15, -0.1) is 0 Å². The number of hydrogen-bond donors (Lipinski definition) is 2. The Kier molecular flexibility index (Phi) is 6.01. The van der Waals surface area contributed by atoms with Crippen LogP contribution in [0.1, 0.15) is 28.8 Å².